The minimum absolute atomic E-state index is 0.104. The van der Waals surface area contributed by atoms with Crippen LogP contribution >= 0.6 is 23.5 Å². The van der Waals surface area contributed by atoms with Crippen molar-refractivity contribution in [1.29, 1.82) is 5.26 Å². The summed E-state index contributed by atoms with van der Waals surface area (Å²) in [5.41, 5.74) is 0.584. The van der Waals surface area contributed by atoms with Gasteiger partial charge in [-0.1, -0.05) is 11.8 Å². The van der Waals surface area contributed by atoms with Gasteiger partial charge in [0, 0.05) is 5.56 Å². The minimum atomic E-state index is -0.104. The molecule has 0 spiro atoms. The van der Waals surface area contributed by atoms with E-state index in [1.807, 2.05) is 6.26 Å². The Morgan fingerprint density at radius 1 is 1.42 bits per heavy atom. The summed E-state index contributed by atoms with van der Waals surface area (Å²) in [6, 6.07) is 6.88. The Morgan fingerprint density at radius 2 is 2.11 bits per heavy atom. The lowest BCUT2D eigenvalue weighted by atomic mass is 10.1. The van der Waals surface area contributed by atoms with Crippen LogP contribution in [-0.2, 0) is 0 Å². The van der Waals surface area contributed by atoms with Crippen LogP contribution in [0.3, 0.4) is 0 Å². The van der Waals surface area contributed by atoms with Gasteiger partial charge in [-0.3, -0.25) is 4.79 Å². The maximum absolute atomic E-state index is 11.8. The quantitative estimate of drug-likeness (QED) is 0.280. The fourth-order valence-corrected chi connectivity index (χ4v) is 2.25. The molecular formula is C13H12N2O2S2. The smallest absolute Gasteiger partial charge is 0.207 e. The molecule has 0 atom stereocenters. The molecule has 1 rings (SSSR count). The molecule has 0 saturated heterocycles. The number of methoxy groups -OCH3 is 1. The molecule has 0 aromatic heterocycles. The normalized spacial score (nSPS) is 11.3. The van der Waals surface area contributed by atoms with E-state index in [1.54, 1.807) is 43.0 Å². The topological polar surface area (TPSA) is 62.4 Å². The van der Waals surface area contributed by atoms with Gasteiger partial charge in [-0.25, -0.2) is 0 Å². The number of allylic oxidation sites excluding steroid dienone is 1. The van der Waals surface area contributed by atoms with Gasteiger partial charge in [0.25, 0.3) is 0 Å². The first-order chi connectivity index (χ1) is 9.21. The van der Waals surface area contributed by atoms with Crippen molar-refractivity contribution in [2.75, 3.05) is 13.4 Å². The van der Waals surface area contributed by atoms with E-state index in [0.717, 1.165) is 0 Å². The summed E-state index contributed by atoms with van der Waals surface area (Å²) < 4.78 is 5.62. The molecule has 0 radical (unpaired) electrons. The lowest BCUT2D eigenvalue weighted by Gasteiger charge is -2.00. The highest BCUT2D eigenvalue weighted by molar-refractivity contribution is 8.39. The third-order valence-electron chi connectivity index (χ3n) is 2.08. The molecule has 4 nitrogen and oxygen atoms in total. The number of carbonyl (C=O) groups excluding carboxylic acids is 1. The molecule has 19 heavy (non-hydrogen) atoms. The summed E-state index contributed by atoms with van der Waals surface area (Å²) in [7, 11) is 1.58. The molecule has 0 aliphatic heterocycles. The summed E-state index contributed by atoms with van der Waals surface area (Å²) >= 11 is 2.60. The third kappa shape index (κ3) is 5.20. The van der Waals surface area contributed by atoms with Crippen LogP contribution in [0.25, 0.3) is 0 Å². The molecule has 1 aromatic carbocycles. The maximum Gasteiger partial charge on any atom is 0.207 e. The molecule has 0 fully saturated rings. The molecule has 1 aromatic rings. The molecule has 0 aliphatic rings. The number of ether oxygens (including phenoxy) is 1. The van der Waals surface area contributed by atoms with E-state index in [-0.39, 0.29) is 5.78 Å². The number of hydrogen-bond donors (Lipinski definition) is 0. The maximum atomic E-state index is 11.8. The van der Waals surface area contributed by atoms with Crippen LogP contribution in [0.1, 0.15) is 10.4 Å². The molecule has 0 aliphatic carbocycles. The first-order valence-corrected chi connectivity index (χ1v) is 7.34. The number of carbonyl (C=O) groups is 1. The summed E-state index contributed by atoms with van der Waals surface area (Å²) in [6.07, 6.45) is 4.99. The summed E-state index contributed by atoms with van der Waals surface area (Å²) in [5, 5.41) is 10.1. The van der Waals surface area contributed by atoms with Gasteiger partial charge in [0.05, 0.1) is 7.11 Å². The number of nitriles is 1. The lowest BCUT2D eigenvalue weighted by Crippen LogP contribution is -1.94. The molecule has 6 heteroatoms. The van der Waals surface area contributed by atoms with E-state index in [9.17, 15) is 4.79 Å². The number of benzene rings is 1. The predicted molar refractivity (Wildman–Crippen MR) is 80.6 cm³/mol. The zero-order chi connectivity index (χ0) is 14.1. The highest BCUT2D eigenvalue weighted by Gasteiger charge is 2.02. The van der Waals surface area contributed by atoms with Crippen LogP contribution in [0.4, 0.5) is 0 Å². The Balaban J connectivity index is 2.64. The Hall–Kier alpha value is -1.71. The van der Waals surface area contributed by atoms with E-state index in [2.05, 4.69) is 4.99 Å². The van der Waals surface area contributed by atoms with Gasteiger partial charge in [0.1, 0.15) is 10.1 Å². The van der Waals surface area contributed by atoms with Crippen molar-refractivity contribution in [3.63, 3.8) is 0 Å². The number of aliphatic imine (C=N–C) groups is 1. The Bertz CT molecular complexity index is 531. The average molecular weight is 292 g/mol. The molecular weight excluding hydrogens is 280 g/mol. The second kappa shape index (κ2) is 8.40. The van der Waals surface area contributed by atoms with E-state index in [0.29, 0.717) is 15.7 Å². The first-order valence-electron chi connectivity index (χ1n) is 5.23. The number of ketones is 1. The molecule has 0 amide bonds. The van der Waals surface area contributed by atoms with E-state index in [1.165, 1.54) is 29.6 Å². The predicted octanol–water partition coefficient (Wildman–Crippen LogP) is 3.32. The van der Waals surface area contributed by atoms with Gasteiger partial charge in [-0.05, 0) is 42.0 Å². The SMILES string of the molecule is COc1ccc(C(=O)/C=C/SC(=NC#N)SC)cc1. The fourth-order valence-electron chi connectivity index (χ4n) is 1.17. The van der Waals surface area contributed by atoms with Crippen molar-refractivity contribution in [2.45, 2.75) is 0 Å². The second-order valence-corrected chi connectivity index (χ2v) is 5.14. The number of thioether (sulfide) groups is 2. The lowest BCUT2D eigenvalue weighted by molar-refractivity contribution is 0.104. The van der Waals surface area contributed by atoms with Crippen LogP contribution in [0.15, 0.2) is 40.7 Å². The molecule has 0 unspecified atom stereocenters. The van der Waals surface area contributed by atoms with E-state index in [4.69, 9.17) is 10.00 Å². The summed E-state index contributed by atoms with van der Waals surface area (Å²) in [4.78, 5) is 15.4. The number of rotatable bonds is 4. The van der Waals surface area contributed by atoms with Gasteiger partial charge in [-0.15, -0.1) is 11.8 Å². The monoisotopic (exact) mass is 292 g/mol. The number of nitrogens with zero attached hydrogens (tertiary/aromatic N) is 2. The molecule has 0 N–H and O–H groups in total. The highest BCUT2D eigenvalue weighted by Crippen LogP contribution is 2.17. The third-order valence-corrected chi connectivity index (χ3v) is 3.87. The Labute approximate surface area is 120 Å². The van der Waals surface area contributed by atoms with Gasteiger partial charge in [0.2, 0.25) is 6.19 Å². The van der Waals surface area contributed by atoms with Crippen LogP contribution < -0.4 is 4.74 Å². The highest BCUT2D eigenvalue weighted by atomic mass is 32.2. The minimum Gasteiger partial charge on any atom is -0.497 e. The first kappa shape index (κ1) is 15.3. The van der Waals surface area contributed by atoms with Crippen LogP contribution in [0.2, 0.25) is 0 Å². The van der Waals surface area contributed by atoms with Crippen molar-refractivity contribution in [3.8, 4) is 11.9 Å². The standard InChI is InChI=1S/C13H12N2O2S2/c1-17-11-5-3-10(4-6-11)12(16)7-8-19-13(18-2)15-9-14/h3-8H,1-2H3/b8-7+,15-13?. The second-order valence-electron chi connectivity index (χ2n) is 3.20. The van der Waals surface area contributed by atoms with E-state index < -0.39 is 0 Å². The zero-order valence-electron chi connectivity index (χ0n) is 10.5. The number of hydrogen-bond acceptors (Lipinski definition) is 6. The van der Waals surface area contributed by atoms with E-state index >= 15 is 0 Å². The summed E-state index contributed by atoms with van der Waals surface area (Å²) in [5.74, 6) is 0.605. The molecule has 0 saturated carbocycles. The molecule has 0 bridgehead atoms. The van der Waals surface area contributed by atoms with Gasteiger partial charge in [-0.2, -0.15) is 10.3 Å². The van der Waals surface area contributed by atoms with Crippen molar-refractivity contribution in [3.05, 3.63) is 41.3 Å². The van der Waals surface area contributed by atoms with Crippen LogP contribution in [-0.4, -0.2) is 23.5 Å². The van der Waals surface area contributed by atoms with Crippen molar-refractivity contribution < 1.29 is 9.53 Å². The largest absolute Gasteiger partial charge is 0.497 e. The zero-order valence-corrected chi connectivity index (χ0v) is 12.1. The molecule has 98 valence electrons. The van der Waals surface area contributed by atoms with Crippen molar-refractivity contribution >= 4 is 33.7 Å². The van der Waals surface area contributed by atoms with Gasteiger partial charge in [0.15, 0.2) is 5.78 Å². The Kier molecular flexibility index (Phi) is 6.79. The van der Waals surface area contributed by atoms with Crippen molar-refractivity contribution in [1.82, 2.24) is 0 Å². The van der Waals surface area contributed by atoms with Crippen LogP contribution in [0.5, 0.6) is 5.75 Å². The van der Waals surface area contributed by atoms with Crippen molar-refractivity contribution in [2.24, 2.45) is 4.99 Å². The summed E-state index contributed by atoms with van der Waals surface area (Å²) in [6.45, 7) is 0. The van der Waals surface area contributed by atoms with Crippen LogP contribution in [0, 0.1) is 11.5 Å². The average Bonchev–Trinajstić information content (AvgIpc) is 2.46. The molecule has 0 heterocycles. The van der Waals surface area contributed by atoms with Gasteiger partial charge < -0.3 is 4.74 Å². The van der Waals surface area contributed by atoms with Gasteiger partial charge >= 0.3 is 0 Å². The Morgan fingerprint density at radius 3 is 2.63 bits per heavy atom. The fraction of sp³-hybridized carbons (Fsp3) is 0.154.